The van der Waals surface area contributed by atoms with Crippen LogP contribution in [0.1, 0.15) is 57.8 Å². The van der Waals surface area contributed by atoms with Crippen LogP contribution in [0.5, 0.6) is 0 Å². The second kappa shape index (κ2) is 6.02. The first-order chi connectivity index (χ1) is 9.73. The summed E-state index contributed by atoms with van der Waals surface area (Å²) in [7, 11) is 1.54. The molecule has 2 heterocycles. The van der Waals surface area contributed by atoms with Gasteiger partial charge in [-0.15, -0.1) is 0 Å². The quantitative estimate of drug-likeness (QED) is 0.804. The van der Waals surface area contributed by atoms with Crippen molar-refractivity contribution in [3.8, 4) is 0 Å². The molecule has 0 aromatic heterocycles. The third kappa shape index (κ3) is 2.73. The summed E-state index contributed by atoms with van der Waals surface area (Å²) < 4.78 is 5.16. The van der Waals surface area contributed by atoms with E-state index in [2.05, 4.69) is 10.2 Å². The van der Waals surface area contributed by atoms with Gasteiger partial charge in [0.05, 0.1) is 7.11 Å². The van der Waals surface area contributed by atoms with Crippen LogP contribution >= 0.6 is 0 Å². The molecule has 3 rings (SSSR count). The zero-order valence-electron chi connectivity index (χ0n) is 12.7. The van der Waals surface area contributed by atoms with Gasteiger partial charge < -0.3 is 9.64 Å². The Morgan fingerprint density at radius 1 is 1.15 bits per heavy atom. The zero-order chi connectivity index (χ0) is 14.0. The van der Waals surface area contributed by atoms with Crippen LogP contribution in [0.3, 0.4) is 0 Å². The second-order valence-corrected chi connectivity index (χ2v) is 6.84. The van der Waals surface area contributed by atoms with Gasteiger partial charge in [-0.05, 0) is 45.1 Å². The number of nitrogens with one attached hydrogen (secondary N) is 1. The number of piperidine rings is 1. The molecule has 0 aromatic carbocycles. The molecule has 0 aromatic rings. The molecule has 2 aliphatic heterocycles. The number of carbonyl (C=O) groups excluding carboxylic acids is 1. The number of carbonyl (C=O) groups is 1. The van der Waals surface area contributed by atoms with Gasteiger partial charge in [-0.2, -0.15) is 0 Å². The summed E-state index contributed by atoms with van der Waals surface area (Å²) in [4.78, 5) is 15.0. The van der Waals surface area contributed by atoms with Crippen molar-refractivity contribution < 1.29 is 9.53 Å². The summed E-state index contributed by atoms with van der Waals surface area (Å²) >= 11 is 0. The normalized spacial score (nSPS) is 35.8. The van der Waals surface area contributed by atoms with E-state index in [1.807, 2.05) is 0 Å². The van der Waals surface area contributed by atoms with Gasteiger partial charge in [-0.3, -0.25) is 10.1 Å². The number of rotatable bonds is 3. The third-order valence-electron chi connectivity index (χ3n) is 5.57. The first kappa shape index (κ1) is 14.3. The number of hydrogen-bond acceptors (Lipinski definition) is 4. The van der Waals surface area contributed by atoms with Crippen LogP contribution in [-0.4, -0.2) is 48.7 Å². The molecule has 3 aliphatic rings. The molecule has 20 heavy (non-hydrogen) atoms. The maximum Gasteiger partial charge on any atom is 0.326 e. The molecule has 2 unspecified atom stereocenters. The highest BCUT2D eigenvalue weighted by molar-refractivity contribution is 5.81. The fourth-order valence-electron chi connectivity index (χ4n) is 4.47. The first-order valence-electron chi connectivity index (χ1n) is 8.34. The Morgan fingerprint density at radius 3 is 2.70 bits per heavy atom. The highest BCUT2D eigenvalue weighted by atomic mass is 16.5. The lowest BCUT2D eigenvalue weighted by molar-refractivity contribution is -0.152. The maximum atomic E-state index is 12.4. The first-order valence-corrected chi connectivity index (χ1v) is 8.34. The fourth-order valence-corrected chi connectivity index (χ4v) is 4.47. The highest BCUT2D eigenvalue weighted by Crippen LogP contribution is 2.35. The van der Waals surface area contributed by atoms with Crippen molar-refractivity contribution in [1.82, 2.24) is 10.2 Å². The van der Waals surface area contributed by atoms with Crippen LogP contribution in [0.2, 0.25) is 0 Å². The molecule has 0 radical (unpaired) electrons. The molecule has 2 saturated heterocycles. The molecule has 0 spiro atoms. The molecule has 0 amide bonds. The van der Waals surface area contributed by atoms with Crippen molar-refractivity contribution in [3.05, 3.63) is 0 Å². The molecular weight excluding hydrogens is 252 g/mol. The lowest BCUT2D eigenvalue weighted by atomic mass is 9.81. The summed E-state index contributed by atoms with van der Waals surface area (Å²) in [6.07, 6.45) is 10.7. The summed E-state index contributed by atoms with van der Waals surface area (Å²) in [5.74, 6) is -0.0328. The maximum absolute atomic E-state index is 12.4. The SMILES string of the molecule is COC(=O)C1(NC2CCCCC2)CCN2CCCC2C1. The van der Waals surface area contributed by atoms with E-state index in [-0.39, 0.29) is 5.97 Å². The molecule has 3 fully saturated rings. The van der Waals surface area contributed by atoms with E-state index in [0.717, 1.165) is 19.4 Å². The standard InChI is InChI=1S/C16H28N2O2/c1-20-15(19)16(17-13-6-3-2-4-7-13)9-11-18-10-5-8-14(18)12-16/h13-14,17H,2-12H2,1H3. The molecule has 1 saturated carbocycles. The summed E-state index contributed by atoms with van der Waals surface area (Å²) in [6, 6.07) is 1.09. The number of hydrogen-bond donors (Lipinski definition) is 1. The zero-order valence-corrected chi connectivity index (χ0v) is 12.7. The molecule has 1 N–H and O–H groups in total. The minimum atomic E-state index is -0.414. The molecule has 4 heteroatoms. The lowest BCUT2D eigenvalue weighted by Crippen LogP contribution is -2.63. The molecule has 1 aliphatic carbocycles. The van der Waals surface area contributed by atoms with Crippen molar-refractivity contribution >= 4 is 5.97 Å². The Kier molecular flexibility index (Phi) is 4.32. The number of methoxy groups -OCH3 is 1. The predicted octanol–water partition coefficient (Wildman–Crippen LogP) is 2.08. The molecule has 2 atom stereocenters. The Labute approximate surface area is 122 Å². The number of nitrogens with zero attached hydrogens (tertiary/aromatic N) is 1. The minimum Gasteiger partial charge on any atom is -0.468 e. The monoisotopic (exact) mass is 280 g/mol. The fraction of sp³-hybridized carbons (Fsp3) is 0.938. The van der Waals surface area contributed by atoms with Crippen LogP contribution < -0.4 is 5.32 Å². The van der Waals surface area contributed by atoms with Crippen molar-refractivity contribution in [2.45, 2.75) is 75.4 Å². The summed E-state index contributed by atoms with van der Waals surface area (Å²) in [5.41, 5.74) is -0.414. The van der Waals surface area contributed by atoms with Gasteiger partial charge >= 0.3 is 5.97 Å². The number of ether oxygens (including phenoxy) is 1. The van der Waals surface area contributed by atoms with Crippen LogP contribution in [-0.2, 0) is 9.53 Å². The van der Waals surface area contributed by atoms with E-state index < -0.39 is 5.54 Å². The van der Waals surface area contributed by atoms with Crippen molar-refractivity contribution in [1.29, 1.82) is 0 Å². The Hall–Kier alpha value is -0.610. The van der Waals surface area contributed by atoms with Gasteiger partial charge in [-0.25, -0.2) is 0 Å². The largest absolute Gasteiger partial charge is 0.468 e. The van der Waals surface area contributed by atoms with E-state index in [0.29, 0.717) is 12.1 Å². The van der Waals surface area contributed by atoms with Gasteiger partial charge in [0.1, 0.15) is 5.54 Å². The van der Waals surface area contributed by atoms with E-state index in [1.54, 1.807) is 0 Å². The molecule has 114 valence electrons. The van der Waals surface area contributed by atoms with Gasteiger partial charge in [0, 0.05) is 18.6 Å². The topological polar surface area (TPSA) is 41.6 Å². The van der Waals surface area contributed by atoms with E-state index in [1.165, 1.54) is 58.6 Å². The summed E-state index contributed by atoms with van der Waals surface area (Å²) in [6.45, 7) is 2.25. The van der Waals surface area contributed by atoms with E-state index in [4.69, 9.17) is 4.74 Å². The van der Waals surface area contributed by atoms with Gasteiger partial charge in [0.25, 0.3) is 0 Å². The molecule has 4 nitrogen and oxygen atoms in total. The average molecular weight is 280 g/mol. The van der Waals surface area contributed by atoms with Gasteiger partial charge in [-0.1, -0.05) is 19.3 Å². The minimum absolute atomic E-state index is 0.0328. The highest BCUT2D eigenvalue weighted by Gasteiger charge is 2.48. The lowest BCUT2D eigenvalue weighted by Gasteiger charge is -2.45. The Bertz CT molecular complexity index is 354. The summed E-state index contributed by atoms with van der Waals surface area (Å²) in [5, 5.41) is 3.73. The smallest absolute Gasteiger partial charge is 0.326 e. The Morgan fingerprint density at radius 2 is 1.95 bits per heavy atom. The molecular formula is C16H28N2O2. The van der Waals surface area contributed by atoms with Crippen LogP contribution in [0, 0.1) is 0 Å². The third-order valence-corrected chi connectivity index (χ3v) is 5.57. The van der Waals surface area contributed by atoms with Crippen LogP contribution in [0.25, 0.3) is 0 Å². The molecule has 0 bridgehead atoms. The average Bonchev–Trinajstić information content (AvgIpc) is 2.94. The van der Waals surface area contributed by atoms with E-state index >= 15 is 0 Å². The van der Waals surface area contributed by atoms with E-state index in [9.17, 15) is 4.79 Å². The predicted molar refractivity (Wildman–Crippen MR) is 78.6 cm³/mol. The van der Waals surface area contributed by atoms with Crippen LogP contribution in [0.4, 0.5) is 0 Å². The Balaban J connectivity index is 1.72. The van der Waals surface area contributed by atoms with Crippen molar-refractivity contribution in [2.24, 2.45) is 0 Å². The number of fused-ring (bicyclic) bond motifs is 1. The van der Waals surface area contributed by atoms with Gasteiger partial charge in [0.2, 0.25) is 0 Å². The van der Waals surface area contributed by atoms with Crippen molar-refractivity contribution in [3.63, 3.8) is 0 Å². The second-order valence-electron chi connectivity index (χ2n) is 6.84. The number of esters is 1. The van der Waals surface area contributed by atoms with Crippen molar-refractivity contribution in [2.75, 3.05) is 20.2 Å². The van der Waals surface area contributed by atoms with Gasteiger partial charge in [0.15, 0.2) is 0 Å². The van der Waals surface area contributed by atoms with Crippen LogP contribution in [0.15, 0.2) is 0 Å².